The van der Waals surface area contributed by atoms with Crippen LogP contribution in [0.15, 0.2) is 0 Å². The zero-order chi connectivity index (χ0) is 9.94. The molecule has 0 spiro atoms. The number of likely N-dealkylation sites (N-methyl/N-ethyl adjacent to an activating group) is 2. The van der Waals surface area contributed by atoms with E-state index in [4.69, 9.17) is 11.5 Å². The summed E-state index contributed by atoms with van der Waals surface area (Å²) in [5.41, 5.74) is 12.1. The minimum atomic E-state index is -0.547. The van der Waals surface area contributed by atoms with Crippen molar-refractivity contribution < 1.29 is 0 Å². The summed E-state index contributed by atoms with van der Waals surface area (Å²) in [5.74, 6) is -0.547. The van der Waals surface area contributed by atoms with Crippen molar-refractivity contribution in [3.8, 4) is 0 Å². The van der Waals surface area contributed by atoms with Gasteiger partial charge in [-0.25, -0.2) is 0 Å². The van der Waals surface area contributed by atoms with Crippen LogP contribution in [0.5, 0.6) is 0 Å². The Kier molecular flexibility index (Phi) is 4.13. The van der Waals surface area contributed by atoms with Gasteiger partial charge in [0.2, 0.25) is 0 Å². The van der Waals surface area contributed by atoms with E-state index in [1.165, 1.54) is 0 Å². The molecule has 0 aliphatic carbocycles. The fourth-order valence-electron chi connectivity index (χ4n) is 1.36. The topological polar surface area (TPSA) is 58.5 Å². The summed E-state index contributed by atoms with van der Waals surface area (Å²) >= 11 is 0. The fraction of sp³-hybridized carbons (Fsp3) is 1.00. The zero-order valence-corrected chi connectivity index (χ0v) is 8.83. The Morgan fingerprint density at radius 2 is 1.50 bits per heavy atom. The van der Waals surface area contributed by atoms with Gasteiger partial charge in [0.05, 0.1) is 6.04 Å². The number of nitrogens with two attached hydrogens (primary N) is 2. The smallest absolute Gasteiger partial charge is 0.140 e. The van der Waals surface area contributed by atoms with Crippen molar-refractivity contribution in [2.24, 2.45) is 11.5 Å². The Bertz CT molecular complexity index is 125. The van der Waals surface area contributed by atoms with Gasteiger partial charge in [0, 0.05) is 0 Å². The SMILES string of the molecule is CCC(N)C(N)(N(C)C)N(C)C. The molecule has 0 saturated carbocycles. The highest BCUT2D eigenvalue weighted by molar-refractivity contribution is 4.88. The van der Waals surface area contributed by atoms with Gasteiger partial charge < -0.3 is 5.73 Å². The van der Waals surface area contributed by atoms with Crippen molar-refractivity contribution >= 4 is 0 Å². The first-order valence-electron chi connectivity index (χ1n) is 4.26. The van der Waals surface area contributed by atoms with Crippen molar-refractivity contribution in [2.75, 3.05) is 28.2 Å². The van der Waals surface area contributed by atoms with Gasteiger partial charge in [-0.05, 0) is 34.6 Å². The van der Waals surface area contributed by atoms with Gasteiger partial charge in [-0.2, -0.15) is 0 Å². The Hall–Kier alpha value is -0.160. The minimum absolute atomic E-state index is 0.0394. The molecule has 4 nitrogen and oxygen atoms in total. The second-order valence-electron chi connectivity index (χ2n) is 3.59. The molecule has 12 heavy (non-hydrogen) atoms. The molecule has 74 valence electrons. The predicted molar refractivity (Wildman–Crippen MR) is 52.6 cm³/mol. The molecule has 0 bridgehead atoms. The van der Waals surface area contributed by atoms with Crippen molar-refractivity contribution in [1.82, 2.24) is 9.80 Å². The first kappa shape index (κ1) is 11.8. The van der Waals surface area contributed by atoms with Crippen LogP contribution in [0.4, 0.5) is 0 Å². The third-order valence-electron chi connectivity index (χ3n) is 2.42. The van der Waals surface area contributed by atoms with Crippen LogP contribution in [0.3, 0.4) is 0 Å². The number of hydrogen-bond acceptors (Lipinski definition) is 4. The van der Waals surface area contributed by atoms with Crippen LogP contribution in [-0.2, 0) is 0 Å². The molecule has 0 heterocycles. The summed E-state index contributed by atoms with van der Waals surface area (Å²) in [5, 5.41) is 0. The van der Waals surface area contributed by atoms with Crippen LogP contribution in [0.25, 0.3) is 0 Å². The van der Waals surface area contributed by atoms with Gasteiger partial charge in [0.25, 0.3) is 0 Å². The van der Waals surface area contributed by atoms with Crippen molar-refractivity contribution in [1.29, 1.82) is 0 Å². The quantitative estimate of drug-likeness (QED) is 0.562. The second-order valence-corrected chi connectivity index (χ2v) is 3.59. The third kappa shape index (κ3) is 1.95. The molecule has 0 rings (SSSR count). The highest BCUT2D eigenvalue weighted by Crippen LogP contribution is 2.13. The predicted octanol–water partition coefficient (Wildman–Crippen LogP) is -0.541. The average Bonchev–Trinajstić information content (AvgIpc) is 2.00. The van der Waals surface area contributed by atoms with Gasteiger partial charge in [0.1, 0.15) is 5.79 Å². The summed E-state index contributed by atoms with van der Waals surface area (Å²) in [7, 11) is 7.76. The molecule has 0 aliphatic heterocycles. The van der Waals surface area contributed by atoms with Crippen LogP contribution >= 0.6 is 0 Å². The van der Waals surface area contributed by atoms with Gasteiger partial charge in [-0.1, -0.05) is 6.92 Å². The highest BCUT2D eigenvalue weighted by atomic mass is 15.5. The van der Waals surface area contributed by atoms with Gasteiger partial charge in [-0.15, -0.1) is 0 Å². The molecule has 0 aromatic carbocycles. The number of hydrogen-bond donors (Lipinski definition) is 2. The van der Waals surface area contributed by atoms with E-state index in [0.29, 0.717) is 0 Å². The van der Waals surface area contributed by atoms with E-state index >= 15 is 0 Å². The van der Waals surface area contributed by atoms with E-state index in [-0.39, 0.29) is 6.04 Å². The lowest BCUT2D eigenvalue weighted by molar-refractivity contribution is -0.0153. The lowest BCUT2D eigenvalue weighted by Crippen LogP contribution is -2.71. The van der Waals surface area contributed by atoms with Crippen LogP contribution in [-0.4, -0.2) is 49.8 Å². The standard InChI is InChI=1S/C8H22N4/c1-6-7(9)8(10,11(2)3)12(4)5/h7H,6,9-10H2,1-5H3. The van der Waals surface area contributed by atoms with Gasteiger partial charge >= 0.3 is 0 Å². The summed E-state index contributed by atoms with van der Waals surface area (Å²) < 4.78 is 0. The highest BCUT2D eigenvalue weighted by Gasteiger charge is 2.35. The Balaban J connectivity index is 4.61. The van der Waals surface area contributed by atoms with Crippen molar-refractivity contribution in [3.05, 3.63) is 0 Å². The summed E-state index contributed by atoms with van der Waals surface area (Å²) in [6.45, 7) is 2.04. The minimum Gasteiger partial charge on any atom is -0.324 e. The molecule has 0 aromatic heterocycles. The molecule has 1 atom stereocenters. The first-order chi connectivity index (χ1) is 5.37. The molecular weight excluding hydrogens is 152 g/mol. The van der Waals surface area contributed by atoms with E-state index in [9.17, 15) is 0 Å². The molecule has 0 aromatic rings. The van der Waals surface area contributed by atoms with E-state index in [1.54, 1.807) is 0 Å². The lowest BCUT2D eigenvalue weighted by Gasteiger charge is -2.45. The van der Waals surface area contributed by atoms with Crippen molar-refractivity contribution in [3.63, 3.8) is 0 Å². The van der Waals surface area contributed by atoms with Crippen LogP contribution in [0, 0.1) is 0 Å². The Morgan fingerprint density at radius 1 is 1.17 bits per heavy atom. The normalized spacial score (nSPS) is 15.8. The maximum Gasteiger partial charge on any atom is 0.140 e. The number of nitrogens with zero attached hydrogens (tertiary/aromatic N) is 2. The largest absolute Gasteiger partial charge is 0.324 e. The molecule has 0 amide bonds. The second kappa shape index (κ2) is 4.18. The molecule has 4 heteroatoms. The lowest BCUT2D eigenvalue weighted by atomic mass is 10.1. The van der Waals surface area contributed by atoms with E-state index in [0.717, 1.165) is 6.42 Å². The van der Waals surface area contributed by atoms with Crippen molar-refractivity contribution in [2.45, 2.75) is 25.2 Å². The van der Waals surface area contributed by atoms with Crippen LogP contribution in [0.2, 0.25) is 0 Å². The zero-order valence-electron chi connectivity index (χ0n) is 8.83. The molecule has 0 saturated heterocycles. The fourth-order valence-corrected chi connectivity index (χ4v) is 1.36. The Morgan fingerprint density at radius 3 is 1.58 bits per heavy atom. The summed E-state index contributed by atoms with van der Waals surface area (Å²) in [4.78, 5) is 3.89. The monoisotopic (exact) mass is 174 g/mol. The molecule has 0 fully saturated rings. The first-order valence-corrected chi connectivity index (χ1v) is 4.26. The molecule has 1 unspecified atom stereocenters. The molecule has 0 radical (unpaired) electrons. The number of rotatable bonds is 4. The Labute approximate surface area is 75.5 Å². The van der Waals surface area contributed by atoms with Crippen LogP contribution < -0.4 is 11.5 Å². The summed E-state index contributed by atoms with van der Waals surface area (Å²) in [6.07, 6.45) is 0.868. The van der Waals surface area contributed by atoms with E-state index < -0.39 is 5.79 Å². The van der Waals surface area contributed by atoms with Gasteiger partial charge in [0.15, 0.2) is 0 Å². The third-order valence-corrected chi connectivity index (χ3v) is 2.42. The average molecular weight is 174 g/mol. The van der Waals surface area contributed by atoms with Crippen LogP contribution in [0.1, 0.15) is 13.3 Å². The van der Waals surface area contributed by atoms with E-state index in [1.807, 2.05) is 44.9 Å². The molecule has 4 N–H and O–H groups in total. The maximum atomic E-state index is 6.16. The van der Waals surface area contributed by atoms with Gasteiger partial charge in [-0.3, -0.25) is 15.5 Å². The maximum absolute atomic E-state index is 6.16. The van der Waals surface area contributed by atoms with E-state index in [2.05, 4.69) is 0 Å². The summed E-state index contributed by atoms with van der Waals surface area (Å²) in [6, 6.07) is -0.0394. The molecular formula is C8H22N4. The molecule has 0 aliphatic rings.